The predicted molar refractivity (Wildman–Crippen MR) is 75.5 cm³/mol. The van der Waals surface area contributed by atoms with Crippen LogP contribution < -0.4 is 5.32 Å². The van der Waals surface area contributed by atoms with E-state index < -0.39 is 0 Å². The maximum Gasteiger partial charge on any atom is 0.0626 e. The van der Waals surface area contributed by atoms with E-state index in [0.29, 0.717) is 5.92 Å². The van der Waals surface area contributed by atoms with E-state index in [1.54, 1.807) is 0 Å². The molecule has 1 aliphatic carbocycles. The van der Waals surface area contributed by atoms with Crippen molar-refractivity contribution in [2.45, 2.75) is 39.2 Å². The lowest BCUT2D eigenvalue weighted by Gasteiger charge is -2.17. The van der Waals surface area contributed by atoms with Gasteiger partial charge in [0, 0.05) is 0 Å². The van der Waals surface area contributed by atoms with Crippen molar-refractivity contribution in [2.75, 3.05) is 13.2 Å². The highest BCUT2D eigenvalue weighted by atomic mass is 16.3. The van der Waals surface area contributed by atoms with Crippen LogP contribution in [-0.4, -0.2) is 18.3 Å². The Kier molecular flexibility index (Phi) is 4.79. The molecule has 0 aliphatic heterocycles. The van der Waals surface area contributed by atoms with E-state index in [2.05, 4.69) is 43.4 Å². The average molecular weight is 247 g/mol. The van der Waals surface area contributed by atoms with Crippen molar-refractivity contribution in [1.82, 2.24) is 5.32 Å². The summed E-state index contributed by atoms with van der Waals surface area (Å²) in [5, 5.41) is 12.9. The van der Waals surface area contributed by atoms with Crippen molar-refractivity contribution < 1.29 is 5.11 Å². The molecule has 100 valence electrons. The quantitative estimate of drug-likeness (QED) is 0.776. The van der Waals surface area contributed by atoms with Crippen LogP contribution in [0.15, 0.2) is 24.3 Å². The maximum absolute atomic E-state index is 9.46. The van der Waals surface area contributed by atoms with Crippen LogP contribution in [0, 0.1) is 11.8 Å². The summed E-state index contributed by atoms with van der Waals surface area (Å²) in [7, 11) is 0. The molecule has 0 aromatic heterocycles. The van der Waals surface area contributed by atoms with Gasteiger partial charge in [-0.25, -0.2) is 0 Å². The molecule has 0 saturated heterocycles. The molecule has 1 aromatic rings. The number of aliphatic hydroxyl groups is 1. The third-order valence-corrected chi connectivity index (χ3v) is 3.56. The second-order valence-electron chi connectivity index (χ2n) is 5.93. The zero-order valence-electron chi connectivity index (χ0n) is 11.5. The molecular weight excluding hydrogens is 222 g/mol. The van der Waals surface area contributed by atoms with Gasteiger partial charge >= 0.3 is 0 Å². The highest BCUT2D eigenvalue weighted by Crippen LogP contribution is 2.28. The van der Waals surface area contributed by atoms with Crippen molar-refractivity contribution in [3.05, 3.63) is 35.4 Å². The smallest absolute Gasteiger partial charge is 0.0626 e. The lowest BCUT2D eigenvalue weighted by atomic mass is 9.99. The Hall–Kier alpha value is -0.860. The molecule has 0 radical (unpaired) electrons. The maximum atomic E-state index is 9.46. The van der Waals surface area contributed by atoms with Gasteiger partial charge in [-0.15, -0.1) is 0 Å². The molecule has 2 heteroatoms. The normalized spacial score (nSPS) is 17.1. The second-order valence-corrected chi connectivity index (χ2v) is 5.93. The van der Waals surface area contributed by atoms with Crippen molar-refractivity contribution in [1.29, 1.82) is 0 Å². The molecule has 2 N–H and O–H groups in total. The van der Waals surface area contributed by atoms with Gasteiger partial charge in [-0.3, -0.25) is 0 Å². The van der Waals surface area contributed by atoms with Crippen LogP contribution in [0.1, 0.15) is 43.9 Å². The van der Waals surface area contributed by atoms with Crippen molar-refractivity contribution in [2.24, 2.45) is 11.8 Å². The summed E-state index contributed by atoms with van der Waals surface area (Å²) >= 11 is 0. The van der Waals surface area contributed by atoms with Gasteiger partial charge in [0.2, 0.25) is 0 Å². The Labute approximate surface area is 110 Å². The monoisotopic (exact) mass is 247 g/mol. The minimum atomic E-state index is 0.0960. The summed E-state index contributed by atoms with van der Waals surface area (Å²) in [6.45, 7) is 5.69. The third-order valence-electron chi connectivity index (χ3n) is 3.56. The van der Waals surface area contributed by atoms with Crippen LogP contribution in [0.3, 0.4) is 0 Å². The molecule has 2 rings (SSSR count). The summed E-state index contributed by atoms with van der Waals surface area (Å²) in [6, 6.07) is 8.78. The predicted octanol–water partition coefficient (Wildman–Crippen LogP) is 2.92. The van der Waals surface area contributed by atoms with Crippen LogP contribution in [-0.2, 0) is 6.42 Å². The van der Waals surface area contributed by atoms with Gasteiger partial charge in [-0.1, -0.05) is 38.1 Å². The SMILES string of the molecule is CC(C)Cc1ccc(C(CO)NCC2CC2)cc1. The first-order valence-electron chi connectivity index (χ1n) is 7.12. The van der Waals surface area contributed by atoms with Crippen LogP contribution in [0.2, 0.25) is 0 Å². The first-order valence-corrected chi connectivity index (χ1v) is 7.12. The lowest BCUT2D eigenvalue weighted by molar-refractivity contribution is 0.243. The number of aliphatic hydroxyl groups excluding tert-OH is 1. The number of rotatable bonds is 7. The van der Waals surface area contributed by atoms with E-state index in [1.807, 2.05) is 0 Å². The highest BCUT2D eigenvalue weighted by molar-refractivity contribution is 5.25. The average Bonchev–Trinajstić information content (AvgIpc) is 3.15. The van der Waals surface area contributed by atoms with Gasteiger partial charge in [0.05, 0.1) is 12.6 Å². The summed E-state index contributed by atoms with van der Waals surface area (Å²) in [5.74, 6) is 1.54. The molecule has 0 heterocycles. The van der Waals surface area contributed by atoms with Gasteiger partial charge in [0.15, 0.2) is 0 Å². The molecule has 1 fully saturated rings. The van der Waals surface area contributed by atoms with Crippen molar-refractivity contribution in [3.8, 4) is 0 Å². The molecule has 1 saturated carbocycles. The molecule has 2 nitrogen and oxygen atoms in total. The zero-order chi connectivity index (χ0) is 13.0. The summed E-state index contributed by atoms with van der Waals surface area (Å²) < 4.78 is 0. The Balaban J connectivity index is 1.92. The van der Waals surface area contributed by atoms with Crippen LogP contribution in [0.4, 0.5) is 0 Å². The molecule has 1 aromatic carbocycles. The largest absolute Gasteiger partial charge is 0.394 e. The Morgan fingerprint density at radius 2 is 1.89 bits per heavy atom. The number of benzene rings is 1. The van der Waals surface area contributed by atoms with E-state index in [0.717, 1.165) is 18.9 Å². The Bertz CT molecular complexity index is 354. The molecule has 1 unspecified atom stereocenters. The molecule has 1 aliphatic rings. The first kappa shape index (κ1) is 13.6. The van der Waals surface area contributed by atoms with E-state index >= 15 is 0 Å². The first-order chi connectivity index (χ1) is 8.69. The molecule has 0 amide bonds. The minimum Gasteiger partial charge on any atom is -0.394 e. The molecular formula is C16H25NO. The fourth-order valence-corrected chi connectivity index (χ4v) is 2.28. The Morgan fingerprint density at radius 3 is 2.39 bits per heavy atom. The number of hydrogen-bond donors (Lipinski definition) is 2. The zero-order valence-corrected chi connectivity index (χ0v) is 11.5. The fraction of sp³-hybridized carbons (Fsp3) is 0.625. The van der Waals surface area contributed by atoms with Gasteiger partial charge in [0.25, 0.3) is 0 Å². The second kappa shape index (κ2) is 6.35. The molecule has 0 bridgehead atoms. The van der Waals surface area contributed by atoms with E-state index in [4.69, 9.17) is 0 Å². The van der Waals surface area contributed by atoms with Crippen LogP contribution >= 0.6 is 0 Å². The summed E-state index contributed by atoms with van der Waals surface area (Å²) in [6.07, 6.45) is 3.82. The third kappa shape index (κ3) is 4.11. The number of hydrogen-bond acceptors (Lipinski definition) is 2. The standard InChI is InChI=1S/C16H25NO/c1-12(2)9-13-5-7-15(8-6-13)16(11-18)17-10-14-3-4-14/h5-8,12,14,16-18H,3-4,9-11H2,1-2H3. The van der Waals surface area contributed by atoms with E-state index in [-0.39, 0.29) is 12.6 Å². The van der Waals surface area contributed by atoms with Crippen molar-refractivity contribution >= 4 is 0 Å². The van der Waals surface area contributed by atoms with Gasteiger partial charge in [-0.2, -0.15) is 0 Å². The van der Waals surface area contributed by atoms with Crippen LogP contribution in [0.25, 0.3) is 0 Å². The number of nitrogens with one attached hydrogen (secondary N) is 1. The molecule has 18 heavy (non-hydrogen) atoms. The lowest BCUT2D eigenvalue weighted by Crippen LogP contribution is -2.26. The van der Waals surface area contributed by atoms with Gasteiger partial charge in [-0.05, 0) is 48.8 Å². The van der Waals surface area contributed by atoms with Crippen molar-refractivity contribution in [3.63, 3.8) is 0 Å². The fourth-order valence-electron chi connectivity index (χ4n) is 2.28. The minimum absolute atomic E-state index is 0.0960. The highest BCUT2D eigenvalue weighted by Gasteiger charge is 2.22. The molecule has 1 atom stereocenters. The summed E-state index contributed by atoms with van der Waals surface area (Å²) in [4.78, 5) is 0. The van der Waals surface area contributed by atoms with E-state index in [9.17, 15) is 5.11 Å². The van der Waals surface area contributed by atoms with Crippen LogP contribution in [0.5, 0.6) is 0 Å². The summed E-state index contributed by atoms with van der Waals surface area (Å²) in [5.41, 5.74) is 2.58. The van der Waals surface area contributed by atoms with Gasteiger partial charge in [0.1, 0.15) is 0 Å². The molecule has 0 spiro atoms. The topological polar surface area (TPSA) is 32.3 Å². The van der Waals surface area contributed by atoms with Gasteiger partial charge < -0.3 is 10.4 Å². The Morgan fingerprint density at radius 1 is 1.22 bits per heavy atom. The van der Waals surface area contributed by atoms with E-state index in [1.165, 1.54) is 24.0 Å².